The van der Waals surface area contributed by atoms with E-state index in [1.165, 1.54) is 0 Å². The van der Waals surface area contributed by atoms with Gasteiger partial charge in [-0.15, -0.1) is 0 Å². The fourth-order valence-corrected chi connectivity index (χ4v) is 1.75. The van der Waals surface area contributed by atoms with Crippen LogP contribution in [-0.4, -0.2) is 26.1 Å². The molecule has 0 aliphatic rings. The smallest absolute Gasteiger partial charge is 0.159 e. The van der Waals surface area contributed by atoms with Crippen LogP contribution < -0.4 is 0 Å². The van der Waals surface area contributed by atoms with Crippen LogP contribution in [0.15, 0.2) is 24.3 Å². The predicted octanol–water partition coefficient (Wildman–Crippen LogP) is 3.65. The first kappa shape index (κ1) is 15.4. The van der Waals surface area contributed by atoms with E-state index in [4.69, 9.17) is 25.8 Å². The van der Waals surface area contributed by atoms with Gasteiger partial charge in [0.15, 0.2) is 6.29 Å². The summed E-state index contributed by atoms with van der Waals surface area (Å²) in [6.07, 6.45) is 0.554. The fraction of sp³-hybridized carbons (Fsp3) is 0.571. The number of hydrogen-bond donors (Lipinski definition) is 0. The van der Waals surface area contributed by atoms with Gasteiger partial charge in [-0.25, -0.2) is 0 Å². The zero-order valence-electron chi connectivity index (χ0n) is 11.0. The largest absolute Gasteiger partial charge is 0.377 e. The van der Waals surface area contributed by atoms with Crippen molar-refractivity contribution in [2.75, 3.05) is 19.8 Å². The summed E-state index contributed by atoms with van der Waals surface area (Å²) in [4.78, 5) is 0. The van der Waals surface area contributed by atoms with Gasteiger partial charge in [0, 0.05) is 24.7 Å². The second kappa shape index (κ2) is 9.34. The topological polar surface area (TPSA) is 27.7 Å². The molecule has 3 nitrogen and oxygen atoms in total. The predicted molar refractivity (Wildman–Crippen MR) is 72.8 cm³/mol. The van der Waals surface area contributed by atoms with Gasteiger partial charge in [0.2, 0.25) is 0 Å². The Balaban J connectivity index is 2.23. The highest BCUT2D eigenvalue weighted by molar-refractivity contribution is 6.31. The molecular formula is C14H21ClO3. The molecule has 0 aliphatic heterocycles. The number of rotatable bonds is 9. The molecule has 0 saturated carbocycles. The maximum atomic E-state index is 6.04. The standard InChI is InChI=1S/C14H21ClO3/c1-3-17-14(18-4-2)9-10-16-11-12-7-5-6-8-13(12)15/h5-8,14H,3-4,9-11H2,1-2H3. The maximum absolute atomic E-state index is 6.04. The third-order valence-electron chi connectivity index (χ3n) is 2.42. The molecule has 18 heavy (non-hydrogen) atoms. The van der Waals surface area contributed by atoms with Gasteiger partial charge in [0.25, 0.3) is 0 Å². The molecule has 1 aromatic carbocycles. The van der Waals surface area contributed by atoms with E-state index in [0.717, 1.165) is 17.0 Å². The van der Waals surface area contributed by atoms with E-state index < -0.39 is 0 Å². The molecule has 0 amide bonds. The summed E-state index contributed by atoms with van der Waals surface area (Å²) in [7, 11) is 0. The molecule has 0 saturated heterocycles. The van der Waals surface area contributed by atoms with Crippen LogP contribution >= 0.6 is 11.6 Å². The van der Waals surface area contributed by atoms with Crippen LogP contribution in [0, 0.1) is 0 Å². The van der Waals surface area contributed by atoms with Crippen molar-refractivity contribution in [3.8, 4) is 0 Å². The molecule has 0 aromatic heterocycles. The van der Waals surface area contributed by atoms with Gasteiger partial charge in [0.05, 0.1) is 13.2 Å². The summed E-state index contributed by atoms with van der Waals surface area (Å²) in [6.45, 7) is 6.32. The lowest BCUT2D eigenvalue weighted by molar-refractivity contribution is -0.147. The van der Waals surface area contributed by atoms with Crippen LogP contribution in [0.3, 0.4) is 0 Å². The monoisotopic (exact) mass is 272 g/mol. The highest BCUT2D eigenvalue weighted by atomic mass is 35.5. The molecule has 4 heteroatoms. The third kappa shape index (κ3) is 5.83. The Morgan fingerprint density at radius 3 is 2.39 bits per heavy atom. The van der Waals surface area contributed by atoms with Crippen LogP contribution in [0.2, 0.25) is 5.02 Å². The Labute approximate surface area is 114 Å². The lowest BCUT2D eigenvalue weighted by Gasteiger charge is -2.16. The first-order chi connectivity index (χ1) is 8.77. The minimum absolute atomic E-state index is 0.175. The summed E-state index contributed by atoms with van der Waals surface area (Å²) < 4.78 is 16.4. The molecule has 0 atom stereocenters. The van der Waals surface area contributed by atoms with Crippen molar-refractivity contribution < 1.29 is 14.2 Å². The van der Waals surface area contributed by atoms with E-state index in [2.05, 4.69) is 0 Å². The molecule has 102 valence electrons. The first-order valence-corrected chi connectivity index (χ1v) is 6.70. The Hall–Kier alpha value is -0.610. The molecule has 1 rings (SSSR count). The molecule has 0 unspecified atom stereocenters. The van der Waals surface area contributed by atoms with Crippen molar-refractivity contribution in [2.24, 2.45) is 0 Å². The van der Waals surface area contributed by atoms with Crippen molar-refractivity contribution in [3.05, 3.63) is 34.9 Å². The molecule has 0 aliphatic carbocycles. The van der Waals surface area contributed by atoms with Gasteiger partial charge in [-0.1, -0.05) is 29.8 Å². The number of halogens is 1. The van der Waals surface area contributed by atoms with Crippen molar-refractivity contribution >= 4 is 11.6 Å². The molecule has 1 aromatic rings. The summed E-state index contributed by atoms with van der Waals surface area (Å²) >= 11 is 6.04. The Kier molecular flexibility index (Phi) is 8.01. The van der Waals surface area contributed by atoms with Gasteiger partial charge in [-0.05, 0) is 25.5 Å². The van der Waals surface area contributed by atoms with Gasteiger partial charge < -0.3 is 14.2 Å². The Morgan fingerprint density at radius 2 is 1.78 bits per heavy atom. The molecule has 0 radical (unpaired) electrons. The van der Waals surface area contributed by atoms with E-state index >= 15 is 0 Å². The first-order valence-electron chi connectivity index (χ1n) is 6.32. The van der Waals surface area contributed by atoms with Gasteiger partial charge in [-0.2, -0.15) is 0 Å². The van der Waals surface area contributed by atoms with E-state index in [0.29, 0.717) is 26.4 Å². The van der Waals surface area contributed by atoms with Crippen molar-refractivity contribution in [2.45, 2.75) is 33.2 Å². The zero-order valence-corrected chi connectivity index (χ0v) is 11.8. The molecule has 0 bridgehead atoms. The van der Waals surface area contributed by atoms with Crippen molar-refractivity contribution in [1.29, 1.82) is 0 Å². The molecular weight excluding hydrogens is 252 g/mol. The minimum Gasteiger partial charge on any atom is -0.377 e. The number of ether oxygens (including phenoxy) is 3. The van der Waals surface area contributed by atoms with E-state index in [1.54, 1.807) is 0 Å². The average Bonchev–Trinajstić information content (AvgIpc) is 2.37. The molecule has 0 fully saturated rings. The number of hydrogen-bond acceptors (Lipinski definition) is 3. The van der Waals surface area contributed by atoms with Crippen LogP contribution in [0.25, 0.3) is 0 Å². The van der Waals surface area contributed by atoms with E-state index in [-0.39, 0.29) is 6.29 Å². The molecule has 0 heterocycles. The Morgan fingerprint density at radius 1 is 1.11 bits per heavy atom. The Bertz CT molecular complexity index is 325. The second-order valence-electron chi connectivity index (χ2n) is 3.77. The van der Waals surface area contributed by atoms with Crippen molar-refractivity contribution in [1.82, 2.24) is 0 Å². The second-order valence-corrected chi connectivity index (χ2v) is 4.18. The van der Waals surface area contributed by atoms with Crippen LogP contribution in [0.5, 0.6) is 0 Å². The van der Waals surface area contributed by atoms with E-state index in [9.17, 15) is 0 Å². The number of benzene rings is 1. The highest BCUT2D eigenvalue weighted by Gasteiger charge is 2.07. The van der Waals surface area contributed by atoms with E-state index in [1.807, 2.05) is 38.1 Å². The normalized spacial score (nSPS) is 11.1. The van der Waals surface area contributed by atoms with Crippen LogP contribution in [-0.2, 0) is 20.8 Å². The average molecular weight is 273 g/mol. The van der Waals surface area contributed by atoms with Gasteiger partial charge in [0.1, 0.15) is 0 Å². The molecule has 0 spiro atoms. The highest BCUT2D eigenvalue weighted by Crippen LogP contribution is 2.15. The lowest BCUT2D eigenvalue weighted by Crippen LogP contribution is -2.19. The summed E-state index contributed by atoms with van der Waals surface area (Å²) in [6, 6.07) is 7.69. The fourth-order valence-electron chi connectivity index (χ4n) is 1.56. The summed E-state index contributed by atoms with van der Waals surface area (Å²) in [5.74, 6) is 0. The third-order valence-corrected chi connectivity index (χ3v) is 2.79. The quantitative estimate of drug-likeness (QED) is 0.507. The van der Waals surface area contributed by atoms with Crippen LogP contribution in [0.1, 0.15) is 25.8 Å². The minimum atomic E-state index is -0.175. The SMILES string of the molecule is CCOC(CCOCc1ccccc1Cl)OCC. The van der Waals surface area contributed by atoms with Gasteiger partial charge in [-0.3, -0.25) is 0 Å². The maximum Gasteiger partial charge on any atom is 0.159 e. The van der Waals surface area contributed by atoms with Crippen molar-refractivity contribution in [3.63, 3.8) is 0 Å². The molecule has 0 N–H and O–H groups in total. The van der Waals surface area contributed by atoms with Gasteiger partial charge >= 0.3 is 0 Å². The van der Waals surface area contributed by atoms with Crippen LogP contribution in [0.4, 0.5) is 0 Å². The summed E-state index contributed by atoms with van der Waals surface area (Å²) in [5, 5.41) is 0.740. The summed E-state index contributed by atoms with van der Waals surface area (Å²) in [5.41, 5.74) is 1.00. The zero-order chi connectivity index (χ0) is 13.2. The lowest BCUT2D eigenvalue weighted by atomic mass is 10.2.